The first-order valence-electron chi connectivity index (χ1n) is 10.3. The van der Waals surface area contributed by atoms with Crippen LogP contribution in [0.3, 0.4) is 0 Å². The zero-order valence-corrected chi connectivity index (χ0v) is 18.2. The van der Waals surface area contributed by atoms with E-state index in [2.05, 4.69) is 6.07 Å². The number of amides is 2. The van der Waals surface area contributed by atoms with E-state index in [1.165, 1.54) is 0 Å². The molecule has 0 radical (unpaired) electrons. The molecule has 1 aliphatic heterocycles. The average Bonchev–Trinajstić information content (AvgIpc) is 2.76. The van der Waals surface area contributed by atoms with E-state index >= 15 is 0 Å². The molecule has 2 aromatic carbocycles. The number of benzene rings is 2. The molecular weight excluding hydrogens is 380 g/mol. The van der Waals surface area contributed by atoms with E-state index in [0.717, 1.165) is 33.8 Å². The molecule has 0 spiro atoms. The van der Waals surface area contributed by atoms with Crippen molar-refractivity contribution < 1.29 is 19.1 Å². The van der Waals surface area contributed by atoms with Crippen LogP contribution in [0.1, 0.15) is 33.5 Å². The summed E-state index contributed by atoms with van der Waals surface area (Å²) in [6, 6.07) is 11.6. The average molecular weight is 411 g/mol. The van der Waals surface area contributed by atoms with Gasteiger partial charge in [0.15, 0.2) is 0 Å². The topological polar surface area (TPSA) is 59.1 Å². The minimum Gasteiger partial charge on any atom is -0.497 e. The molecule has 2 amide bonds. The molecule has 1 saturated heterocycles. The summed E-state index contributed by atoms with van der Waals surface area (Å²) in [5.74, 6) is 1.58. The van der Waals surface area contributed by atoms with Crippen molar-refractivity contribution >= 4 is 11.8 Å². The van der Waals surface area contributed by atoms with Crippen LogP contribution >= 0.6 is 0 Å². The predicted molar refractivity (Wildman–Crippen MR) is 116 cm³/mol. The summed E-state index contributed by atoms with van der Waals surface area (Å²) >= 11 is 0. The van der Waals surface area contributed by atoms with Gasteiger partial charge in [-0.05, 0) is 50.1 Å². The van der Waals surface area contributed by atoms with Gasteiger partial charge >= 0.3 is 0 Å². The highest BCUT2D eigenvalue weighted by Crippen LogP contribution is 2.23. The lowest BCUT2D eigenvalue weighted by molar-refractivity contribution is -0.132. The maximum absolute atomic E-state index is 12.8. The molecule has 160 valence electrons. The van der Waals surface area contributed by atoms with Crippen LogP contribution in [0.2, 0.25) is 0 Å². The zero-order chi connectivity index (χ0) is 21.7. The lowest BCUT2D eigenvalue weighted by Gasteiger charge is -2.35. The van der Waals surface area contributed by atoms with Gasteiger partial charge in [-0.15, -0.1) is 0 Å². The highest BCUT2D eigenvalue weighted by molar-refractivity contribution is 5.94. The lowest BCUT2D eigenvalue weighted by atomic mass is 10.1. The monoisotopic (exact) mass is 410 g/mol. The first kappa shape index (κ1) is 21.7. The van der Waals surface area contributed by atoms with Gasteiger partial charge in [0.25, 0.3) is 5.91 Å². The van der Waals surface area contributed by atoms with Crippen LogP contribution in [-0.2, 0) is 11.2 Å². The number of carbonyl (C=O) groups excluding carboxylic acids is 2. The molecule has 0 saturated carbocycles. The standard InChI is InChI=1S/C24H30N2O4/c1-17-11-18(2)13-20(12-17)24(28)26-9-7-25(8-10-26)23(27)6-5-19-14-21(29-3)16-22(15-19)30-4/h11-16H,5-10H2,1-4H3. The summed E-state index contributed by atoms with van der Waals surface area (Å²) in [6.45, 7) is 6.25. The number of hydrogen-bond donors (Lipinski definition) is 0. The largest absolute Gasteiger partial charge is 0.497 e. The Labute approximate surface area is 178 Å². The normalized spacial score (nSPS) is 13.9. The molecule has 6 heteroatoms. The highest BCUT2D eigenvalue weighted by Gasteiger charge is 2.25. The van der Waals surface area contributed by atoms with Crippen LogP contribution < -0.4 is 9.47 Å². The number of piperazine rings is 1. The molecule has 6 nitrogen and oxygen atoms in total. The molecule has 2 aromatic rings. The van der Waals surface area contributed by atoms with E-state index in [4.69, 9.17) is 9.47 Å². The lowest BCUT2D eigenvalue weighted by Crippen LogP contribution is -2.50. The van der Waals surface area contributed by atoms with Gasteiger partial charge in [-0.3, -0.25) is 9.59 Å². The second kappa shape index (κ2) is 9.65. The van der Waals surface area contributed by atoms with E-state index in [-0.39, 0.29) is 11.8 Å². The van der Waals surface area contributed by atoms with Gasteiger partial charge in [0.2, 0.25) is 5.91 Å². The Morgan fingerprint density at radius 2 is 1.33 bits per heavy atom. The molecular formula is C24H30N2O4. The third-order valence-corrected chi connectivity index (χ3v) is 5.43. The molecule has 1 fully saturated rings. The summed E-state index contributed by atoms with van der Waals surface area (Å²) in [4.78, 5) is 29.2. The number of ether oxygens (including phenoxy) is 2. The van der Waals surface area contributed by atoms with Crippen molar-refractivity contribution in [2.75, 3.05) is 40.4 Å². The molecule has 0 atom stereocenters. The Morgan fingerprint density at radius 3 is 1.87 bits per heavy atom. The van der Waals surface area contributed by atoms with Crippen molar-refractivity contribution in [1.29, 1.82) is 0 Å². The smallest absolute Gasteiger partial charge is 0.253 e. The Kier molecular flexibility index (Phi) is 6.98. The van der Waals surface area contributed by atoms with Gasteiger partial charge in [0.05, 0.1) is 14.2 Å². The Morgan fingerprint density at radius 1 is 0.800 bits per heavy atom. The van der Waals surface area contributed by atoms with Gasteiger partial charge < -0.3 is 19.3 Å². The zero-order valence-electron chi connectivity index (χ0n) is 18.2. The minimum absolute atomic E-state index is 0.0392. The molecule has 1 heterocycles. The second-order valence-corrected chi connectivity index (χ2v) is 7.77. The van der Waals surface area contributed by atoms with Crippen molar-refractivity contribution in [3.05, 3.63) is 58.7 Å². The molecule has 0 N–H and O–H groups in total. The maximum atomic E-state index is 12.8. The van der Waals surface area contributed by atoms with Crippen molar-refractivity contribution in [2.45, 2.75) is 26.7 Å². The molecule has 0 aromatic heterocycles. The van der Waals surface area contributed by atoms with Crippen LogP contribution in [0, 0.1) is 13.8 Å². The SMILES string of the molecule is COc1cc(CCC(=O)N2CCN(C(=O)c3cc(C)cc(C)c3)CC2)cc(OC)c1. The Hall–Kier alpha value is -3.02. The predicted octanol–water partition coefficient (Wildman–Crippen LogP) is 3.24. The summed E-state index contributed by atoms with van der Waals surface area (Å²) in [6.07, 6.45) is 1.04. The van der Waals surface area contributed by atoms with Crippen LogP contribution in [0.5, 0.6) is 11.5 Å². The minimum atomic E-state index is 0.0392. The van der Waals surface area contributed by atoms with Crippen LogP contribution in [-0.4, -0.2) is 62.0 Å². The third-order valence-electron chi connectivity index (χ3n) is 5.43. The molecule has 30 heavy (non-hydrogen) atoms. The number of carbonyl (C=O) groups is 2. The number of hydrogen-bond acceptors (Lipinski definition) is 4. The molecule has 0 unspecified atom stereocenters. The van der Waals surface area contributed by atoms with Gasteiger partial charge in [-0.25, -0.2) is 0 Å². The fourth-order valence-electron chi connectivity index (χ4n) is 3.86. The van der Waals surface area contributed by atoms with Crippen LogP contribution in [0.25, 0.3) is 0 Å². The molecule has 0 bridgehead atoms. The number of aryl methyl sites for hydroxylation is 3. The molecule has 1 aliphatic rings. The van der Waals surface area contributed by atoms with Crippen molar-refractivity contribution in [1.82, 2.24) is 9.80 Å². The number of methoxy groups -OCH3 is 2. The van der Waals surface area contributed by atoms with E-state index < -0.39 is 0 Å². The van der Waals surface area contributed by atoms with Gasteiger partial charge in [-0.1, -0.05) is 17.2 Å². The maximum Gasteiger partial charge on any atom is 0.253 e. The second-order valence-electron chi connectivity index (χ2n) is 7.77. The summed E-state index contributed by atoms with van der Waals surface area (Å²) in [5.41, 5.74) is 3.89. The van der Waals surface area contributed by atoms with E-state index in [9.17, 15) is 9.59 Å². The first-order chi connectivity index (χ1) is 14.4. The fourth-order valence-corrected chi connectivity index (χ4v) is 3.86. The van der Waals surface area contributed by atoms with Crippen molar-refractivity contribution in [3.63, 3.8) is 0 Å². The quantitative estimate of drug-likeness (QED) is 0.734. The van der Waals surface area contributed by atoms with Crippen molar-refractivity contribution in [2.24, 2.45) is 0 Å². The molecule has 0 aliphatic carbocycles. The summed E-state index contributed by atoms with van der Waals surface area (Å²) in [7, 11) is 3.23. The number of rotatable bonds is 6. The van der Waals surface area contributed by atoms with Crippen molar-refractivity contribution in [3.8, 4) is 11.5 Å². The highest BCUT2D eigenvalue weighted by atomic mass is 16.5. The molecule has 3 rings (SSSR count). The van der Waals surface area contributed by atoms with Gasteiger partial charge in [-0.2, -0.15) is 0 Å². The Balaban J connectivity index is 1.53. The van der Waals surface area contributed by atoms with Gasteiger partial charge in [0.1, 0.15) is 11.5 Å². The number of nitrogens with zero attached hydrogens (tertiary/aromatic N) is 2. The third kappa shape index (κ3) is 5.32. The van der Waals surface area contributed by atoms with Crippen LogP contribution in [0.4, 0.5) is 0 Å². The van der Waals surface area contributed by atoms with E-state index in [1.807, 2.05) is 54.0 Å². The fraction of sp³-hybridized carbons (Fsp3) is 0.417. The Bertz CT molecular complexity index is 875. The first-order valence-corrected chi connectivity index (χ1v) is 10.3. The van der Waals surface area contributed by atoms with E-state index in [0.29, 0.717) is 39.0 Å². The summed E-state index contributed by atoms with van der Waals surface area (Å²) in [5, 5.41) is 0. The summed E-state index contributed by atoms with van der Waals surface area (Å²) < 4.78 is 10.6. The van der Waals surface area contributed by atoms with Gasteiger partial charge in [0, 0.05) is 44.2 Å². The van der Waals surface area contributed by atoms with E-state index in [1.54, 1.807) is 14.2 Å². The van der Waals surface area contributed by atoms with Crippen LogP contribution in [0.15, 0.2) is 36.4 Å².